The first kappa shape index (κ1) is 18.2. The zero-order chi connectivity index (χ0) is 19.4. The molecule has 0 spiro atoms. The molecule has 3 aromatic carbocycles. The lowest BCUT2D eigenvalue weighted by atomic mass is 10.1. The van der Waals surface area contributed by atoms with Gasteiger partial charge in [0.2, 0.25) is 0 Å². The van der Waals surface area contributed by atoms with Crippen LogP contribution in [0.1, 0.15) is 31.8 Å². The van der Waals surface area contributed by atoms with E-state index in [0.29, 0.717) is 22.5 Å². The van der Waals surface area contributed by atoms with Crippen LogP contribution in [-0.4, -0.2) is 16.9 Å². The molecule has 0 aliphatic heterocycles. The van der Waals surface area contributed by atoms with E-state index < -0.39 is 0 Å². The largest absolute Gasteiger partial charge is 0.506 e. The number of anilines is 2. The number of nitrogens with one attached hydrogen (secondary N) is 2. The second kappa shape index (κ2) is 7.74. The molecule has 2 amide bonds. The third-order valence-corrected chi connectivity index (χ3v) is 4.19. The van der Waals surface area contributed by atoms with Gasteiger partial charge in [0.15, 0.2) is 0 Å². The van der Waals surface area contributed by atoms with Crippen LogP contribution in [0.3, 0.4) is 0 Å². The second-order valence-corrected chi connectivity index (χ2v) is 6.32. The van der Waals surface area contributed by atoms with Crippen LogP contribution < -0.4 is 10.6 Å². The highest BCUT2D eigenvalue weighted by Crippen LogP contribution is 2.25. The van der Waals surface area contributed by atoms with Crippen molar-refractivity contribution >= 4 is 23.2 Å². The van der Waals surface area contributed by atoms with E-state index in [1.54, 1.807) is 60.7 Å². The Labute approximate surface area is 157 Å². The highest BCUT2D eigenvalue weighted by molar-refractivity contribution is 6.08. The monoisotopic (exact) mass is 360 g/mol. The average molecular weight is 360 g/mol. The fraction of sp³-hybridized carbons (Fsp3) is 0.0909. The standard InChI is InChI=1S/C22H20N2O3/c1-14-8-11-18(20(25)12-14)23-22(27)17-10-9-15(2)19(13-17)24-21(26)16-6-4-3-5-7-16/h3-13,25H,1-2H3,(H,23,27)(H,24,26). The number of carbonyl (C=O) groups excluding carboxylic acids is 2. The van der Waals surface area contributed by atoms with E-state index in [0.717, 1.165) is 11.1 Å². The molecule has 3 rings (SSSR count). The number of hydrogen-bond acceptors (Lipinski definition) is 3. The minimum atomic E-state index is -0.371. The molecule has 5 nitrogen and oxygen atoms in total. The Kier molecular flexibility index (Phi) is 5.22. The Hall–Kier alpha value is -3.60. The Morgan fingerprint density at radius 1 is 0.741 bits per heavy atom. The normalized spacial score (nSPS) is 10.3. The Balaban J connectivity index is 1.80. The highest BCUT2D eigenvalue weighted by Gasteiger charge is 2.13. The van der Waals surface area contributed by atoms with Gasteiger partial charge in [-0.25, -0.2) is 0 Å². The molecule has 0 radical (unpaired) electrons. The minimum Gasteiger partial charge on any atom is -0.506 e. The molecule has 0 bridgehead atoms. The van der Waals surface area contributed by atoms with Gasteiger partial charge in [-0.05, 0) is 61.4 Å². The van der Waals surface area contributed by atoms with E-state index in [2.05, 4.69) is 10.6 Å². The maximum Gasteiger partial charge on any atom is 0.255 e. The number of amides is 2. The van der Waals surface area contributed by atoms with Crippen LogP contribution in [0.25, 0.3) is 0 Å². The first-order valence-electron chi connectivity index (χ1n) is 8.52. The smallest absolute Gasteiger partial charge is 0.255 e. The van der Waals surface area contributed by atoms with Crippen molar-refractivity contribution in [3.8, 4) is 5.75 Å². The Bertz CT molecular complexity index is 998. The van der Waals surface area contributed by atoms with Gasteiger partial charge in [0.05, 0.1) is 5.69 Å². The van der Waals surface area contributed by atoms with Gasteiger partial charge in [0.25, 0.3) is 11.8 Å². The molecule has 0 saturated heterocycles. The molecule has 0 atom stereocenters. The lowest BCUT2D eigenvalue weighted by Gasteiger charge is -2.12. The molecule has 0 fully saturated rings. The molecule has 3 aromatic rings. The predicted octanol–water partition coefficient (Wildman–Crippen LogP) is 4.51. The Morgan fingerprint density at radius 2 is 1.41 bits per heavy atom. The molecule has 3 N–H and O–H groups in total. The van der Waals surface area contributed by atoms with Crippen LogP contribution in [0, 0.1) is 13.8 Å². The van der Waals surface area contributed by atoms with E-state index in [1.807, 2.05) is 19.9 Å². The van der Waals surface area contributed by atoms with Crippen LogP contribution in [0.2, 0.25) is 0 Å². The molecule has 0 aliphatic rings. The second-order valence-electron chi connectivity index (χ2n) is 6.32. The molecule has 0 unspecified atom stereocenters. The summed E-state index contributed by atoms with van der Waals surface area (Å²) in [6.45, 7) is 3.71. The summed E-state index contributed by atoms with van der Waals surface area (Å²) in [6.07, 6.45) is 0. The molecule has 0 saturated carbocycles. The lowest BCUT2D eigenvalue weighted by Crippen LogP contribution is -2.15. The molecule has 0 aliphatic carbocycles. The van der Waals surface area contributed by atoms with Crippen molar-refractivity contribution in [1.29, 1.82) is 0 Å². The van der Waals surface area contributed by atoms with E-state index in [9.17, 15) is 14.7 Å². The maximum atomic E-state index is 12.5. The number of benzene rings is 3. The van der Waals surface area contributed by atoms with Gasteiger partial charge in [-0.15, -0.1) is 0 Å². The van der Waals surface area contributed by atoms with E-state index in [-0.39, 0.29) is 17.6 Å². The highest BCUT2D eigenvalue weighted by atomic mass is 16.3. The number of carbonyl (C=O) groups is 2. The van der Waals surface area contributed by atoms with Crippen molar-refractivity contribution in [3.63, 3.8) is 0 Å². The summed E-state index contributed by atoms with van der Waals surface area (Å²) in [6, 6.07) is 19.0. The molecule has 0 heterocycles. The van der Waals surface area contributed by atoms with Crippen molar-refractivity contribution in [2.45, 2.75) is 13.8 Å². The predicted molar refractivity (Wildman–Crippen MR) is 106 cm³/mol. The number of hydrogen-bond donors (Lipinski definition) is 3. The van der Waals surface area contributed by atoms with E-state index >= 15 is 0 Å². The van der Waals surface area contributed by atoms with Gasteiger partial charge in [0.1, 0.15) is 5.75 Å². The number of rotatable bonds is 4. The lowest BCUT2D eigenvalue weighted by molar-refractivity contribution is 0.101. The summed E-state index contributed by atoms with van der Waals surface area (Å²) in [4.78, 5) is 24.9. The topological polar surface area (TPSA) is 78.4 Å². The van der Waals surface area contributed by atoms with Crippen LogP contribution in [-0.2, 0) is 0 Å². The van der Waals surface area contributed by atoms with Crippen molar-refractivity contribution in [3.05, 3.63) is 89.0 Å². The van der Waals surface area contributed by atoms with Crippen LogP contribution in [0.15, 0.2) is 66.7 Å². The average Bonchev–Trinajstić information content (AvgIpc) is 2.66. The van der Waals surface area contributed by atoms with Gasteiger partial charge < -0.3 is 15.7 Å². The minimum absolute atomic E-state index is 0.00747. The Morgan fingerprint density at radius 3 is 2.11 bits per heavy atom. The molecular formula is C22H20N2O3. The summed E-state index contributed by atoms with van der Waals surface area (Å²) >= 11 is 0. The molecule has 0 aromatic heterocycles. The SMILES string of the molecule is Cc1ccc(NC(=O)c2ccc(C)c(NC(=O)c3ccccc3)c2)c(O)c1. The van der Waals surface area contributed by atoms with Gasteiger partial charge in [-0.2, -0.15) is 0 Å². The molecular weight excluding hydrogens is 340 g/mol. The summed E-state index contributed by atoms with van der Waals surface area (Å²) in [5.41, 5.74) is 3.55. The molecule has 136 valence electrons. The number of phenols is 1. The first-order chi connectivity index (χ1) is 12.9. The van der Waals surface area contributed by atoms with Crippen molar-refractivity contribution in [2.24, 2.45) is 0 Å². The van der Waals surface area contributed by atoms with Crippen molar-refractivity contribution in [1.82, 2.24) is 0 Å². The van der Waals surface area contributed by atoms with Gasteiger partial charge in [-0.3, -0.25) is 9.59 Å². The van der Waals surface area contributed by atoms with E-state index in [4.69, 9.17) is 0 Å². The first-order valence-corrected chi connectivity index (χ1v) is 8.52. The molecule has 5 heteroatoms. The number of phenolic OH excluding ortho intramolecular Hbond substituents is 1. The van der Waals surface area contributed by atoms with Crippen LogP contribution >= 0.6 is 0 Å². The van der Waals surface area contributed by atoms with Gasteiger partial charge >= 0.3 is 0 Å². The third-order valence-electron chi connectivity index (χ3n) is 4.19. The van der Waals surface area contributed by atoms with Crippen molar-refractivity contribution in [2.75, 3.05) is 10.6 Å². The van der Waals surface area contributed by atoms with Gasteiger partial charge in [-0.1, -0.05) is 30.3 Å². The maximum absolute atomic E-state index is 12.5. The van der Waals surface area contributed by atoms with Crippen LogP contribution in [0.5, 0.6) is 5.75 Å². The van der Waals surface area contributed by atoms with Crippen LogP contribution in [0.4, 0.5) is 11.4 Å². The number of aromatic hydroxyl groups is 1. The molecule has 27 heavy (non-hydrogen) atoms. The fourth-order valence-corrected chi connectivity index (χ4v) is 2.62. The number of aryl methyl sites for hydroxylation is 2. The zero-order valence-electron chi connectivity index (χ0n) is 15.1. The van der Waals surface area contributed by atoms with Crippen molar-refractivity contribution < 1.29 is 14.7 Å². The quantitative estimate of drug-likeness (QED) is 0.599. The summed E-state index contributed by atoms with van der Waals surface area (Å²) in [5.74, 6) is -0.607. The zero-order valence-corrected chi connectivity index (χ0v) is 15.1. The summed E-state index contributed by atoms with van der Waals surface area (Å²) in [7, 11) is 0. The third kappa shape index (κ3) is 4.33. The fourth-order valence-electron chi connectivity index (χ4n) is 2.62. The van der Waals surface area contributed by atoms with E-state index in [1.165, 1.54) is 0 Å². The van der Waals surface area contributed by atoms with Gasteiger partial charge in [0, 0.05) is 16.8 Å². The summed E-state index contributed by atoms with van der Waals surface area (Å²) < 4.78 is 0. The summed E-state index contributed by atoms with van der Waals surface area (Å²) in [5, 5.41) is 15.5.